The monoisotopic (exact) mass is 388 g/mol. The zero-order chi connectivity index (χ0) is 17.6. The van der Waals surface area contributed by atoms with Gasteiger partial charge in [-0.1, -0.05) is 56.2 Å². The van der Waals surface area contributed by atoms with E-state index in [4.69, 9.17) is 4.74 Å². The summed E-state index contributed by atoms with van der Waals surface area (Å²) in [5.41, 5.74) is 0.963. The quantitative estimate of drug-likeness (QED) is 0.413. The largest absolute Gasteiger partial charge is 1.00 e. The van der Waals surface area contributed by atoms with Crippen molar-refractivity contribution in [1.82, 2.24) is 0 Å². The molecular weight excluding hydrogens is 367 g/mol. The van der Waals surface area contributed by atoms with Crippen molar-refractivity contribution in [3.63, 3.8) is 0 Å². The van der Waals surface area contributed by atoms with Gasteiger partial charge in [0.2, 0.25) is 0 Å². The normalized spacial score (nSPS) is 11.0. The molecule has 0 saturated heterocycles. The first-order chi connectivity index (χ1) is 11.4. The van der Waals surface area contributed by atoms with E-state index in [1.54, 1.807) is 18.2 Å². The van der Waals surface area contributed by atoms with Crippen molar-refractivity contribution in [3.8, 4) is 17.2 Å². The van der Waals surface area contributed by atoms with E-state index in [9.17, 15) is 18.1 Å². The predicted molar refractivity (Wildman–Crippen MR) is 90.1 cm³/mol. The van der Waals surface area contributed by atoms with E-state index in [1.807, 2.05) is 0 Å². The van der Waals surface area contributed by atoms with Crippen LogP contribution in [0.2, 0.25) is 0 Å². The Balaban J connectivity index is 0.00000312. The molecule has 0 spiro atoms. The van der Waals surface area contributed by atoms with E-state index in [-0.39, 0.29) is 73.5 Å². The van der Waals surface area contributed by atoms with Gasteiger partial charge >= 0.3 is 51.4 Å². The molecule has 0 bridgehead atoms. The van der Waals surface area contributed by atoms with E-state index in [0.717, 1.165) is 31.2 Å². The van der Waals surface area contributed by atoms with E-state index in [0.29, 0.717) is 0 Å². The molecule has 130 valence electrons. The zero-order valence-corrected chi connectivity index (χ0v) is 18.5. The first-order valence-electron chi connectivity index (χ1n) is 7.96. The number of aryl methyl sites for hydroxylation is 1. The van der Waals surface area contributed by atoms with Gasteiger partial charge in [0.15, 0.2) is 0 Å². The smallest absolute Gasteiger partial charge is 0.870 e. The maximum absolute atomic E-state index is 12.0. The number of unbranched alkanes of at least 4 members (excludes halogenated alkanes) is 3. The molecule has 2 rings (SSSR count). The van der Waals surface area contributed by atoms with Crippen molar-refractivity contribution in [2.24, 2.45) is 0 Å². The van der Waals surface area contributed by atoms with Crippen molar-refractivity contribution in [2.45, 2.75) is 43.9 Å². The standard InChI is InChI=1S/C18H22O5S.K/c1-2-3-4-5-8-14-11-12-15(19)17(13-14)23-16-9-6-7-10-18(16)24(20,21)22;/h6-7,9-13,19H,2-5,8H2,1H3,(H,20,21,22);/q;+1/p-1. The van der Waals surface area contributed by atoms with Gasteiger partial charge in [-0.05, 0) is 36.6 Å². The van der Waals surface area contributed by atoms with Crippen LogP contribution in [-0.2, 0) is 16.5 Å². The van der Waals surface area contributed by atoms with Gasteiger partial charge in [0, 0.05) is 0 Å². The molecule has 0 aliphatic rings. The minimum atomic E-state index is -4.42. The first kappa shape index (κ1) is 22.6. The fourth-order valence-corrected chi connectivity index (χ4v) is 3.02. The van der Waals surface area contributed by atoms with Gasteiger partial charge in [-0.2, -0.15) is 8.42 Å². The van der Waals surface area contributed by atoms with Gasteiger partial charge in [-0.25, -0.2) is 0 Å². The molecule has 1 N–H and O–H groups in total. The van der Waals surface area contributed by atoms with Crippen LogP contribution in [0, 0.1) is 0 Å². The molecule has 0 aliphatic carbocycles. The molecule has 0 aromatic heterocycles. The van der Waals surface area contributed by atoms with Crippen molar-refractivity contribution in [3.05, 3.63) is 48.0 Å². The van der Waals surface area contributed by atoms with Crippen molar-refractivity contribution in [1.29, 1.82) is 0 Å². The van der Waals surface area contributed by atoms with Crippen molar-refractivity contribution >= 4 is 10.1 Å². The number of benzene rings is 2. The zero-order valence-electron chi connectivity index (χ0n) is 14.6. The molecule has 2 aromatic carbocycles. The molecule has 5 nitrogen and oxygen atoms in total. The SMILES string of the molecule is CCCCCCc1ccc([O-])c(Oc2ccccc2S(=O)(=O)O)c1.[K+]. The summed E-state index contributed by atoms with van der Waals surface area (Å²) in [5, 5.41) is 12.0. The Hall–Kier alpha value is -0.414. The van der Waals surface area contributed by atoms with Gasteiger partial charge in [-0.15, -0.1) is 0 Å². The topological polar surface area (TPSA) is 86.7 Å². The molecule has 0 radical (unpaired) electrons. The summed E-state index contributed by atoms with van der Waals surface area (Å²) < 4.78 is 37.5. The van der Waals surface area contributed by atoms with E-state index in [1.165, 1.54) is 30.7 Å². The summed E-state index contributed by atoms with van der Waals surface area (Å²) in [6.45, 7) is 2.14. The fourth-order valence-electron chi connectivity index (χ4n) is 2.41. The summed E-state index contributed by atoms with van der Waals surface area (Å²) in [5.74, 6) is -0.350. The van der Waals surface area contributed by atoms with Gasteiger partial charge < -0.3 is 9.84 Å². The number of hydrogen-bond acceptors (Lipinski definition) is 4. The van der Waals surface area contributed by atoms with Crippen molar-refractivity contribution < 1.29 is 74.2 Å². The number of ether oxygens (including phenoxy) is 1. The van der Waals surface area contributed by atoms with Crippen molar-refractivity contribution in [2.75, 3.05) is 0 Å². The van der Waals surface area contributed by atoms with E-state index in [2.05, 4.69) is 6.92 Å². The van der Waals surface area contributed by atoms with Gasteiger partial charge in [0.25, 0.3) is 10.1 Å². The molecular formula is C18H21KO5S. The van der Waals surface area contributed by atoms with Crippen LogP contribution < -0.4 is 61.2 Å². The molecule has 0 aliphatic heterocycles. The Kier molecular flexibility index (Phi) is 9.65. The summed E-state index contributed by atoms with van der Waals surface area (Å²) in [6.07, 6.45) is 5.30. The number of para-hydroxylation sites is 1. The first-order valence-corrected chi connectivity index (χ1v) is 9.40. The minimum absolute atomic E-state index is 0. The predicted octanol–water partition coefficient (Wildman–Crippen LogP) is 0.926. The molecule has 0 unspecified atom stereocenters. The molecule has 0 fully saturated rings. The molecule has 0 heterocycles. The van der Waals surface area contributed by atoms with Crippen LogP contribution in [-0.4, -0.2) is 13.0 Å². The van der Waals surface area contributed by atoms with Gasteiger partial charge in [0.1, 0.15) is 16.4 Å². The number of rotatable bonds is 8. The molecule has 2 aromatic rings. The van der Waals surface area contributed by atoms with Crippen LogP contribution in [0.25, 0.3) is 0 Å². The maximum atomic E-state index is 12.0. The van der Waals surface area contributed by atoms with Crippen LogP contribution in [0.1, 0.15) is 38.2 Å². The van der Waals surface area contributed by atoms with Crippen LogP contribution >= 0.6 is 0 Å². The third kappa shape index (κ3) is 7.01. The van der Waals surface area contributed by atoms with E-state index >= 15 is 0 Å². The third-order valence-electron chi connectivity index (χ3n) is 3.67. The Morgan fingerprint density at radius 2 is 1.76 bits per heavy atom. The van der Waals surface area contributed by atoms with Crippen LogP contribution in [0.15, 0.2) is 47.4 Å². The second kappa shape index (κ2) is 10.7. The van der Waals surface area contributed by atoms with E-state index < -0.39 is 10.1 Å². The molecule has 0 saturated carbocycles. The summed E-state index contributed by atoms with van der Waals surface area (Å²) in [7, 11) is -4.42. The Morgan fingerprint density at radius 1 is 1.04 bits per heavy atom. The second-order valence-electron chi connectivity index (χ2n) is 5.62. The van der Waals surface area contributed by atoms with Crippen LogP contribution in [0.3, 0.4) is 0 Å². The fraction of sp³-hybridized carbons (Fsp3) is 0.333. The van der Waals surface area contributed by atoms with Gasteiger partial charge in [0.05, 0.1) is 0 Å². The Bertz CT molecular complexity index is 790. The third-order valence-corrected chi connectivity index (χ3v) is 4.57. The summed E-state index contributed by atoms with van der Waals surface area (Å²) in [6, 6.07) is 10.5. The molecule has 0 amide bonds. The number of hydrogen-bond donors (Lipinski definition) is 1. The minimum Gasteiger partial charge on any atom is -0.870 e. The molecule has 7 heteroatoms. The summed E-state index contributed by atoms with van der Waals surface area (Å²) in [4.78, 5) is -0.363. The maximum Gasteiger partial charge on any atom is 1.00 e. The molecule has 25 heavy (non-hydrogen) atoms. The van der Waals surface area contributed by atoms with Gasteiger partial charge in [-0.3, -0.25) is 4.55 Å². The summed E-state index contributed by atoms with van der Waals surface area (Å²) >= 11 is 0. The Labute approximate surface area is 191 Å². The Morgan fingerprint density at radius 3 is 2.44 bits per heavy atom. The van der Waals surface area contributed by atoms with Crippen LogP contribution in [0.4, 0.5) is 0 Å². The van der Waals surface area contributed by atoms with Crippen LogP contribution in [0.5, 0.6) is 17.2 Å². The molecule has 0 atom stereocenters. The average molecular weight is 389 g/mol. The second-order valence-corrected chi connectivity index (χ2v) is 7.01. The average Bonchev–Trinajstić information content (AvgIpc) is 2.54.